The molecule has 2 aliphatic heterocycles. The first kappa shape index (κ1) is 22.4. The van der Waals surface area contributed by atoms with Crippen molar-refractivity contribution in [1.82, 2.24) is 8.61 Å². The number of morpholine rings is 2. The van der Waals surface area contributed by atoms with E-state index < -0.39 is 20.0 Å². The molecule has 0 N–H and O–H groups in total. The van der Waals surface area contributed by atoms with Gasteiger partial charge in [0.05, 0.1) is 36.2 Å². The standard InChI is InChI=1S/C21H26N2O6S2/c24-30(25,22-9-13-28-14-10-22)20-5-1-18(2-6-20)17-19-3-7-21(8-4-19)31(26,27)23-11-15-29-16-12-23/h1-8H,9-17H2. The zero-order valence-corrected chi connectivity index (χ0v) is 18.8. The lowest BCUT2D eigenvalue weighted by atomic mass is 10.1. The first-order valence-corrected chi connectivity index (χ1v) is 13.1. The predicted octanol–water partition coefficient (Wildman–Crippen LogP) is 1.32. The summed E-state index contributed by atoms with van der Waals surface area (Å²) in [5.41, 5.74) is 1.90. The van der Waals surface area contributed by atoms with Gasteiger partial charge < -0.3 is 9.47 Å². The van der Waals surface area contributed by atoms with Crippen LogP contribution in [0.4, 0.5) is 0 Å². The second-order valence-corrected chi connectivity index (χ2v) is 11.4. The molecule has 168 valence electrons. The van der Waals surface area contributed by atoms with Crippen molar-refractivity contribution in [3.63, 3.8) is 0 Å². The van der Waals surface area contributed by atoms with Gasteiger partial charge in [-0.1, -0.05) is 24.3 Å². The number of sulfonamides is 2. The fourth-order valence-corrected chi connectivity index (χ4v) is 6.48. The van der Waals surface area contributed by atoms with E-state index in [0.717, 1.165) is 11.1 Å². The topological polar surface area (TPSA) is 93.2 Å². The van der Waals surface area contributed by atoms with Crippen molar-refractivity contribution in [3.05, 3.63) is 59.7 Å². The Kier molecular flexibility index (Phi) is 6.75. The van der Waals surface area contributed by atoms with Crippen molar-refractivity contribution < 1.29 is 26.3 Å². The minimum Gasteiger partial charge on any atom is -0.379 e. The number of ether oxygens (including phenoxy) is 2. The molecular weight excluding hydrogens is 440 g/mol. The molecule has 2 heterocycles. The summed E-state index contributed by atoms with van der Waals surface area (Å²) in [6.45, 7) is 3.10. The normalized spacial score (nSPS) is 19.4. The molecule has 0 amide bonds. The van der Waals surface area contributed by atoms with Crippen LogP contribution in [0.5, 0.6) is 0 Å². The van der Waals surface area contributed by atoms with Crippen LogP contribution in [0, 0.1) is 0 Å². The van der Waals surface area contributed by atoms with E-state index in [4.69, 9.17) is 9.47 Å². The Balaban J connectivity index is 1.43. The highest BCUT2D eigenvalue weighted by Gasteiger charge is 2.27. The van der Waals surface area contributed by atoms with E-state index in [9.17, 15) is 16.8 Å². The smallest absolute Gasteiger partial charge is 0.243 e. The van der Waals surface area contributed by atoms with E-state index in [1.54, 1.807) is 48.5 Å². The summed E-state index contributed by atoms with van der Waals surface area (Å²) >= 11 is 0. The molecule has 2 saturated heterocycles. The number of hydrogen-bond donors (Lipinski definition) is 0. The SMILES string of the molecule is O=S(=O)(c1ccc(Cc2ccc(S(=O)(=O)N3CCOCC3)cc2)cc1)N1CCOCC1. The Bertz CT molecular complexity index is 998. The van der Waals surface area contributed by atoms with Crippen molar-refractivity contribution in [2.45, 2.75) is 16.2 Å². The van der Waals surface area contributed by atoms with Gasteiger partial charge in [-0.3, -0.25) is 0 Å². The van der Waals surface area contributed by atoms with E-state index in [0.29, 0.717) is 59.0 Å². The number of hydrogen-bond acceptors (Lipinski definition) is 6. The minimum absolute atomic E-state index is 0.269. The van der Waals surface area contributed by atoms with Gasteiger partial charge in [-0.05, 0) is 41.8 Å². The molecule has 0 atom stereocenters. The third kappa shape index (κ3) is 5.00. The lowest BCUT2D eigenvalue weighted by Crippen LogP contribution is -2.40. The van der Waals surface area contributed by atoms with Crippen LogP contribution in [0.3, 0.4) is 0 Å². The van der Waals surface area contributed by atoms with Crippen LogP contribution in [0.15, 0.2) is 58.3 Å². The fourth-order valence-electron chi connectivity index (χ4n) is 3.67. The van der Waals surface area contributed by atoms with Gasteiger partial charge in [-0.2, -0.15) is 8.61 Å². The highest BCUT2D eigenvalue weighted by Crippen LogP contribution is 2.21. The first-order chi connectivity index (χ1) is 14.9. The third-order valence-corrected chi connectivity index (χ3v) is 9.30. The molecule has 4 rings (SSSR count). The molecule has 2 aromatic carbocycles. The maximum absolute atomic E-state index is 12.7. The van der Waals surface area contributed by atoms with Crippen LogP contribution >= 0.6 is 0 Å². The fraction of sp³-hybridized carbons (Fsp3) is 0.429. The van der Waals surface area contributed by atoms with E-state index in [2.05, 4.69) is 0 Å². The second-order valence-electron chi connectivity index (χ2n) is 7.50. The summed E-state index contributed by atoms with van der Waals surface area (Å²) in [5.74, 6) is 0. The van der Waals surface area contributed by atoms with Crippen LogP contribution in [0.2, 0.25) is 0 Å². The molecular formula is C21H26N2O6S2. The quantitative estimate of drug-likeness (QED) is 0.638. The van der Waals surface area contributed by atoms with Gasteiger partial charge in [0.2, 0.25) is 20.0 Å². The average Bonchev–Trinajstić information content (AvgIpc) is 2.81. The van der Waals surface area contributed by atoms with Gasteiger partial charge in [0, 0.05) is 26.2 Å². The second kappa shape index (κ2) is 9.35. The Morgan fingerprint density at radius 1 is 0.581 bits per heavy atom. The van der Waals surface area contributed by atoms with Crippen molar-refractivity contribution in [3.8, 4) is 0 Å². The van der Waals surface area contributed by atoms with E-state index >= 15 is 0 Å². The maximum atomic E-state index is 12.7. The monoisotopic (exact) mass is 466 g/mol. The highest BCUT2D eigenvalue weighted by atomic mass is 32.2. The molecule has 31 heavy (non-hydrogen) atoms. The number of rotatable bonds is 6. The summed E-state index contributed by atoms with van der Waals surface area (Å²) in [6.07, 6.45) is 0.579. The van der Waals surface area contributed by atoms with E-state index in [1.165, 1.54) is 8.61 Å². The Labute approximate surface area is 183 Å². The van der Waals surface area contributed by atoms with Gasteiger partial charge >= 0.3 is 0 Å². The maximum Gasteiger partial charge on any atom is 0.243 e. The molecule has 0 saturated carbocycles. The van der Waals surface area contributed by atoms with E-state index in [-0.39, 0.29) is 9.79 Å². The number of nitrogens with zero attached hydrogens (tertiary/aromatic N) is 2. The lowest BCUT2D eigenvalue weighted by molar-refractivity contribution is 0.0730. The molecule has 0 bridgehead atoms. The van der Waals surface area contributed by atoms with Crippen LogP contribution in [0.25, 0.3) is 0 Å². The van der Waals surface area contributed by atoms with Gasteiger partial charge in [-0.25, -0.2) is 16.8 Å². The average molecular weight is 467 g/mol. The molecule has 0 aliphatic carbocycles. The van der Waals surface area contributed by atoms with Crippen LogP contribution < -0.4 is 0 Å². The van der Waals surface area contributed by atoms with Crippen LogP contribution in [-0.2, 0) is 35.9 Å². The number of benzene rings is 2. The zero-order chi connectivity index (χ0) is 21.9. The first-order valence-electron chi connectivity index (χ1n) is 10.2. The molecule has 2 aliphatic rings. The summed E-state index contributed by atoms with van der Waals surface area (Å²) < 4.78 is 64.2. The molecule has 2 fully saturated rings. The largest absolute Gasteiger partial charge is 0.379 e. The molecule has 0 radical (unpaired) electrons. The van der Waals surface area contributed by atoms with Gasteiger partial charge in [0.1, 0.15) is 0 Å². The lowest BCUT2D eigenvalue weighted by Gasteiger charge is -2.26. The van der Waals surface area contributed by atoms with Crippen LogP contribution in [-0.4, -0.2) is 78.1 Å². The summed E-state index contributed by atoms with van der Waals surface area (Å²) in [7, 11) is -7.02. The summed E-state index contributed by atoms with van der Waals surface area (Å²) in [4.78, 5) is 0.537. The molecule has 8 nitrogen and oxygen atoms in total. The molecule has 2 aromatic rings. The summed E-state index contributed by atoms with van der Waals surface area (Å²) in [5, 5.41) is 0. The van der Waals surface area contributed by atoms with Crippen molar-refractivity contribution >= 4 is 20.0 Å². The van der Waals surface area contributed by atoms with Gasteiger partial charge in [0.25, 0.3) is 0 Å². The van der Waals surface area contributed by atoms with Crippen molar-refractivity contribution in [2.75, 3.05) is 52.6 Å². The predicted molar refractivity (Wildman–Crippen MR) is 115 cm³/mol. The summed E-state index contributed by atoms with van der Waals surface area (Å²) in [6, 6.07) is 13.7. The van der Waals surface area contributed by atoms with Gasteiger partial charge in [0.15, 0.2) is 0 Å². The third-order valence-electron chi connectivity index (χ3n) is 5.47. The van der Waals surface area contributed by atoms with Crippen molar-refractivity contribution in [1.29, 1.82) is 0 Å². The highest BCUT2D eigenvalue weighted by molar-refractivity contribution is 7.89. The minimum atomic E-state index is -3.51. The van der Waals surface area contributed by atoms with Gasteiger partial charge in [-0.15, -0.1) is 0 Å². The Morgan fingerprint density at radius 3 is 1.23 bits per heavy atom. The Morgan fingerprint density at radius 2 is 0.903 bits per heavy atom. The van der Waals surface area contributed by atoms with Crippen molar-refractivity contribution in [2.24, 2.45) is 0 Å². The Hall–Kier alpha value is -1.82. The van der Waals surface area contributed by atoms with Crippen LogP contribution in [0.1, 0.15) is 11.1 Å². The molecule has 0 spiro atoms. The van der Waals surface area contributed by atoms with E-state index in [1.807, 2.05) is 0 Å². The molecule has 0 aromatic heterocycles. The molecule has 10 heteroatoms. The molecule has 0 unspecified atom stereocenters. The zero-order valence-electron chi connectivity index (χ0n) is 17.1.